The van der Waals surface area contributed by atoms with Gasteiger partial charge < -0.3 is 24.1 Å². The molecule has 1 aliphatic heterocycles. The highest BCUT2D eigenvalue weighted by Gasteiger charge is 2.64. The van der Waals surface area contributed by atoms with Crippen LogP contribution < -0.4 is 0 Å². The van der Waals surface area contributed by atoms with Gasteiger partial charge >= 0.3 is 18.1 Å². The van der Waals surface area contributed by atoms with E-state index >= 15 is 0 Å². The van der Waals surface area contributed by atoms with Gasteiger partial charge in [0.1, 0.15) is 0 Å². The molecular formula is C25H33F3O7. The summed E-state index contributed by atoms with van der Waals surface area (Å²) in [4.78, 5) is 24.1. The van der Waals surface area contributed by atoms with Crippen LogP contribution in [-0.4, -0.2) is 61.9 Å². The number of hydrogen-bond donors (Lipinski definition) is 1. The molecule has 0 unspecified atom stereocenters. The van der Waals surface area contributed by atoms with Crippen LogP contribution in [0.1, 0.15) is 51.0 Å². The minimum atomic E-state index is -5.01. The van der Waals surface area contributed by atoms with Gasteiger partial charge in [-0.2, -0.15) is 13.2 Å². The zero-order valence-corrected chi connectivity index (χ0v) is 20.1. The number of benzene rings is 1. The monoisotopic (exact) mass is 502 g/mol. The highest BCUT2D eigenvalue weighted by molar-refractivity contribution is 5.82. The van der Waals surface area contributed by atoms with Crippen LogP contribution in [0.4, 0.5) is 13.2 Å². The maximum atomic E-state index is 13.9. The number of allylic oxidation sites excluding steroid dienone is 1. The molecule has 1 heterocycles. The number of esters is 2. The Balaban J connectivity index is 1.87. The van der Waals surface area contributed by atoms with Crippen molar-refractivity contribution in [2.75, 3.05) is 14.2 Å². The Morgan fingerprint density at radius 3 is 2.49 bits per heavy atom. The Labute approximate surface area is 203 Å². The minimum Gasteiger partial charge on any atom is -0.469 e. The van der Waals surface area contributed by atoms with Gasteiger partial charge in [0.05, 0.1) is 37.9 Å². The van der Waals surface area contributed by atoms with Crippen LogP contribution in [0.3, 0.4) is 0 Å². The van der Waals surface area contributed by atoms with Crippen LogP contribution in [0.2, 0.25) is 0 Å². The second-order valence-electron chi connectivity index (χ2n) is 8.46. The fourth-order valence-corrected chi connectivity index (χ4v) is 3.96. The van der Waals surface area contributed by atoms with E-state index in [2.05, 4.69) is 4.74 Å². The van der Waals surface area contributed by atoms with Gasteiger partial charge in [0.15, 0.2) is 0 Å². The first-order valence-corrected chi connectivity index (χ1v) is 11.5. The average molecular weight is 503 g/mol. The molecule has 0 spiro atoms. The summed E-state index contributed by atoms with van der Waals surface area (Å²) in [7, 11) is 2.10. The van der Waals surface area contributed by atoms with Crippen molar-refractivity contribution in [2.24, 2.45) is 0 Å². The number of rotatable bonds is 11. The molecule has 0 saturated carbocycles. The van der Waals surface area contributed by atoms with E-state index in [1.54, 1.807) is 6.07 Å². The summed E-state index contributed by atoms with van der Waals surface area (Å²) in [6, 6.07) is 6.69. The van der Waals surface area contributed by atoms with E-state index in [1.165, 1.54) is 38.3 Å². The summed E-state index contributed by atoms with van der Waals surface area (Å²) in [5.74, 6) is -1.97. The van der Waals surface area contributed by atoms with E-state index in [1.807, 2.05) is 12.2 Å². The lowest BCUT2D eigenvalue weighted by atomic mass is 9.92. The lowest BCUT2D eigenvalue weighted by Gasteiger charge is -2.33. The van der Waals surface area contributed by atoms with Crippen LogP contribution in [0, 0.1) is 0 Å². The van der Waals surface area contributed by atoms with Crippen LogP contribution in [0.25, 0.3) is 0 Å². The molecule has 1 aromatic rings. The number of aliphatic hydroxyl groups excluding tert-OH is 1. The summed E-state index contributed by atoms with van der Waals surface area (Å²) >= 11 is 0. The van der Waals surface area contributed by atoms with Gasteiger partial charge in [-0.1, -0.05) is 42.5 Å². The van der Waals surface area contributed by atoms with Crippen molar-refractivity contribution in [2.45, 2.75) is 81.6 Å². The number of ether oxygens (including phenoxy) is 4. The molecule has 2 rings (SSSR count). The van der Waals surface area contributed by atoms with E-state index in [4.69, 9.17) is 14.2 Å². The van der Waals surface area contributed by atoms with Gasteiger partial charge in [-0.25, -0.2) is 4.79 Å². The Hall–Kier alpha value is -2.43. The number of unbranched alkanes of at least 4 members (excludes halogenated alkanes) is 1. The minimum absolute atomic E-state index is 0.0330. The number of halogens is 3. The molecule has 0 aliphatic carbocycles. The van der Waals surface area contributed by atoms with Crippen molar-refractivity contribution in [3.05, 3.63) is 48.0 Å². The fourth-order valence-electron chi connectivity index (χ4n) is 3.96. The highest BCUT2D eigenvalue weighted by Crippen LogP contribution is 2.43. The lowest BCUT2D eigenvalue weighted by Crippen LogP contribution is -2.52. The zero-order chi connectivity index (χ0) is 26.1. The number of aliphatic hydroxyl groups is 1. The number of methoxy groups -OCH3 is 2. The first-order chi connectivity index (χ1) is 16.5. The second kappa shape index (κ2) is 13.0. The molecule has 10 heteroatoms. The highest BCUT2D eigenvalue weighted by atomic mass is 19.4. The van der Waals surface area contributed by atoms with Gasteiger partial charge in [0, 0.05) is 12.7 Å². The topological polar surface area (TPSA) is 91.3 Å². The van der Waals surface area contributed by atoms with Gasteiger partial charge in [-0.05, 0) is 39.0 Å². The summed E-state index contributed by atoms with van der Waals surface area (Å²) in [6.07, 6.45) is -1.16. The molecule has 5 atom stereocenters. The third-order valence-corrected chi connectivity index (χ3v) is 5.93. The van der Waals surface area contributed by atoms with E-state index in [0.717, 1.165) is 7.11 Å². The van der Waals surface area contributed by atoms with Crippen LogP contribution >= 0.6 is 0 Å². The van der Waals surface area contributed by atoms with Gasteiger partial charge in [-0.3, -0.25) is 4.79 Å². The van der Waals surface area contributed by atoms with E-state index in [-0.39, 0.29) is 18.1 Å². The molecule has 0 aromatic heterocycles. The first-order valence-electron chi connectivity index (χ1n) is 11.5. The van der Waals surface area contributed by atoms with E-state index in [0.29, 0.717) is 32.1 Å². The Morgan fingerprint density at radius 1 is 1.20 bits per heavy atom. The number of carbonyl (C=O) groups is 2. The molecule has 1 N–H and O–H groups in total. The summed E-state index contributed by atoms with van der Waals surface area (Å²) in [6.45, 7) is 1.53. The van der Waals surface area contributed by atoms with Crippen molar-refractivity contribution in [1.82, 2.24) is 0 Å². The van der Waals surface area contributed by atoms with Crippen molar-refractivity contribution < 1.29 is 46.8 Å². The third kappa shape index (κ3) is 7.52. The van der Waals surface area contributed by atoms with Crippen molar-refractivity contribution in [3.8, 4) is 0 Å². The number of alkyl halides is 3. The molecule has 0 amide bonds. The standard InChI is InChI=1S/C25H33F3O7/c1-17(34-23(31)24(33-3,25(26,27)28)18-11-7-5-8-12-18)10-6-4-9-13-19-14-15-20(29)21(35-19)16-22(30)32-2/h5,7-9,11-13,17,19-21,29H,4,6,10,14-16H2,1-3H3/b13-9+/t17-,19-,20-,21-,24-/m0/s1. The fraction of sp³-hybridized carbons (Fsp3) is 0.600. The Morgan fingerprint density at radius 2 is 1.89 bits per heavy atom. The lowest BCUT2D eigenvalue weighted by molar-refractivity contribution is -0.278. The van der Waals surface area contributed by atoms with Crippen molar-refractivity contribution in [3.63, 3.8) is 0 Å². The second-order valence-corrected chi connectivity index (χ2v) is 8.46. The van der Waals surface area contributed by atoms with Crippen molar-refractivity contribution >= 4 is 11.9 Å². The molecule has 0 bridgehead atoms. The molecule has 7 nitrogen and oxygen atoms in total. The average Bonchev–Trinajstić information content (AvgIpc) is 2.81. The van der Waals surface area contributed by atoms with Crippen molar-refractivity contribution in [1.29, 1.82) is 0 Å². The molecule has 1 aliphatic rings. The van der Waals surface area contributed by atoms with E-state index < -0.39 is 42.0 Å². The Kier molecular flexibility index (Phi) is 10.7. The summed E-state index contributed by atoms with van der Waals surface area (Å²) in [5, 5.41) is 9.99. The quantitative estimate of drug-likeness (QED) is 0.275. The van der Waals surface area contributed by atoms with Gasteiger partial charge in [0.25, 0.3) is 5.60 Å². The molecular weight excluding hydrogens is 469 g/mol. The summed E-state index contributed by atoms with van der Waals surface area (Å²) < 4.78 is 62.1. The molecule has 1 fully saturated rings. The summed E-state index contributed by atoms with van der Waals surface area (Å²) in [5.41, 5.74) is -3.55. The van der Waals surface area contributed by atoms with Crippen LogP contribution in [-0.2, 0) is 34.1 Å². The number of carbonyl (C=O) groups excluding carboxylic acids is 2. The van der Waals surface area contributed by atoms with Gasteiger partial charge in [-0.15, -0.1) is 0 Å². The SMILES string of the molecule is COC(=O)C[C@@H]1O[C@@H](/C=C/CCC[C@H](C)OC(=O)[C@@](OC)(c2ccccc2)C(F)(F)F)CC[C@@H]1O. The number of hydrogen-bond acceptors (Lipinski definition) is 7. The van der Waals surface area contributed by atoms with Crippen LogP contribution in [0.15, 0.2) is 42.5 Å². The predicted octanol–water partition coefficient (Wildman–Crippen LogP) is 4.22. The molecule has 35 heavy (non-hydrogen) atoms. The Bertz CT molecular complexity index is 843. The first kappa shape index (κ1) is 28.8. The molecule has 1 aromatic carbocycles. The third-order valence-electron chi connectivity index (χ3n) is 5.93. The smallest absolute Gasteiger partial charge is 0.432 e. The zero-order valence-electron chi connectivity index (χ0n) is 20.1. The van der Waals surface area contributed by atoms with E-state index in [9.17, 15) is 27.9 Å². The predicted molar refractivity (Wildman–Crippen MR) is 120 cm³/mol. The molecule has 196 valence electrons. The van der Waals surface area contributed by atoms with Crippen LogP contribution in [0.5, 0.6) is 0 Å². The largest absolute Gasteiger partial charge is 0.469 e. The maximum Gasteiger partial charge on any atom is 0.432 e. The molecule has 0 radical (unpaired) electrons. The maximum absolute atomic E-state index is 13.9. The normalized spacial score (nSPS) is 23.5. The molecule has 1 saturated heterocycles. The van der Waals surface area contributed by atoms with Gasteiger partial charge in [0.2, 0.25) is 0 Å².